The van der Waals surface area contributed by atoms with E-state index in [1.54, 1.807) is 0 Å². The minimum atomic E-state index is -2.30. The van der Waals surface area contributed by atoms with Gasteiger partial charge in [-0.3, -0.25) is 4.79 Å². The van der Waals surface area contributed by atoms with E-state index in [0.29, 0.717) is 0 Å². The third-order valence-electron chi connectivity index (χ3n) is 2.92. The summed E-state index contributed by atoms with van der Waals surface area (Å²) in [5, 5.41) is 25.5. The van der Waals surface area contributed by atoms with Crippen molar-refractivity contribution < 1.29 is 34.4 Å². The molecule has 2 aromatic carbocycles. The van der Waals surface area contributed by atoms with Crippen molar-refractivity contribution in [3.63, 3.8) is 0 Å². The number of hydrogen-bond donors (Lipinski definition) is 3. The average Bonchev–Trinajstić information content (AvgIpc) is 2.62. The summed E-state index contributed by atoms with van der Waals surface area (Å²) in [4.78, 5) is 30.8. The molecule has 2 atom stereocenters. The van der Waals surface area contributed by atoms with Crippen LogP contribution >= 0.6 is 0 Å². The molecule has 0 aromatic heterocycles. The Hall–Kier alpha value is -3.03. The van der Waals surface area contributed by atoms with Gasteiger partial charge in [0.25, 0.3) is 0 Å². The van der Waals surface area contributed by atoms with Gasteiger partial charge in [0.15, 0.2) is 12.2 Å². The topological polar surface area (TPSA) is 121 Å². The number of carbonyl (C=O) groups excluding carboxylic acids is 2. The van der Waals surface area contributed by atoms with E-state index in [9.17, 15) is 14.4 Å². The normalized spacial score (nSPS) is 12.1. The number of benzene rings is 2. The van der Waals surface area contributed by atoms with Crippen LogP contribution in [0.5, 0.6) is 0 Å². The number of hydrogen-bond acceptors (Lipinski definition) is 6. The summed E-state index contributed by atoms with van der Waals surface area (Å²) in [6, 6.07) is 20.8. The molecule has 0 saturated carbocycles. The Balaban J connectivity index is 0.000000250. The lowest BCUT2D eigenvalue weighted by atomic mass is 10.1. The monoisotopic (exact) mass is 346 g/mol. The summed E-state index contributed by atoms with van der Waals surface area (Å²) < 4.78 is 3.83. The van der Waals surface area contributed by atoms with Crippen LogP contribution in [0.4, 0.5) is 0 Å². The summed E-state index contributed by atoms with van der Waals surface area (Å²) >= 11 is 0. The summed E-state index contributed by atoms with van der Waals surface area (Å²) in [5.74, 6) is -4.28. The fourth-order valence-corrected chi connectivity index (χ4v) is 1.73. The maximum absolute atomic E-state index is 10.6. The van der Waals surface area contributed by atoms with Crippen LogP contribution < -0.4 is 0 Å². The Bertz CT molecular complexity index is 660. The second-order valence-corrected chi connectivity index (χ2v) is 4.87. The lowest BCUT2D eigenvalue weighted by Crippen LogP contribution is -2.41. The summed E-state index contributed by atoms with van der Waals surface area (Å²) in [6.07, 6.45) is -4.56. The van der Waals surface area contributed by atoms with Crippen LogP contribution in [-0.4, -0.2) is 45.4 Å². The number of aliphatic carboxylic acids is 1. The zero-order valence-corrected chi connectivity index (χ0v) is 13.4. The van der Waals surface area contributed by atoms with Gasteiger partial charge in [-0.2, -0.15) is 0 Å². The third kappa shape index (κ3) is 6.94. The molecule has 132 valence electrons. The fraction of sp³-hybridized carbons (Fsp3) is 0.167. The molecule has 0 aliphatic rings. The molecule has 7 nitrogen and oxygen atoms in total. The van der Waals surface area contributed by atoms with Crippen LogP contribution in [0.15, 0.2) is 60.7 Å². The molecule has 0 radical (unpaired) electrons. The maximum atomic E-state index is 10.6. The van der Waals surface area contributed by atoms with Gasteiger partial charge >= 0.3 is 17.9 Å². The first kappa shape index (κ1) is 20.0. The van der Waals surface area contributed by atoms with Gasteiger partial charge in [0.2, 0.25) is 0 Å². The molecule has 0 aliphatic carbocycles. The van der Waals surface area contributed by atoms with E-state index in [1.807, 2.05) is 12.1 Å². The molecule has 0 fully saturated rings. The predicted octanol–water partition coefficient (Wildman–Crippen LogP) is 1.24. The first-order valence-corrected chi connectivity index (χ1v) is 7.24. The van der Waals surface area contributed by atoms with E-state index < -0.39 is 30.1 Å². The Labute approximate surface area is 144 Å². The van der Waals surface area contributed by atoms with Crippen molar-refractivity contribution in [1.29, 1.82) is 0 Å². The van der Waals surface area contributed by atoms with Crippen molar-refractivity contribution in [1.82, 2.24) is 0 Å². The summed E-state index contributed by atoms with van der Waals surface area (Å²) in [7, 11) is 0. The molecular weight excluding hydrogens is 328 g/mol. The predicted molar refractivity (Wildman–Crippen MR) is 88.3 cm³/mol. The Morgan fingerprint density at radius 3 is 1.52 bits per heavy atom. The zero-order valence-electron chi connectivity index (χ0n) is 13.4. The van der Waals surface area contributed by atoms with Gasteiger partial charge in [0, 0.05) is 6.92 Å². The van der Waals surface area contributed by atoms with E-state index in [0.717, 1.165) is 6.92 Å². The quantitative estimate of drug-likeness (QED) is 0.562. The number of rotatable bonds is 4. The average molecular weight is 346 g/mol. The van der Waals surface area contributed by atoms with Crippen molar-refractivity contribution in [2.45, 2.75) is 19.1 Å². The van der Waals surface area contributed by atoms with Gasteiger partial charge in [-0.1, -0.05) is 60.7 Å². The van der Waals surface area contributed by atoms with Crippen LogP contribution in [0.2, 0.25) is 0 Å². The van der Waals surface area contributed by atoms with Crippen molar-refractivity contribution in [2.24, 2.45) is 0 Å². The molecule has 0 bridgehead atoms. The van der Waals surface area contributed by atoms with Crippen molar-refractivity contribution in [3.05, 3.63) is 60.7 Å². The van der Waals surface area contributed by atoms with E-state index in [2.05, 4.69) is 53.3 Å². The minimum absolute atomic E-state index is 0.901. The standard InChI is InChI=1S/C12H10.C6H8O7/c1-3-7-11(8-4-1)12-9-5-2-6-10-12;1-2(7)13-6(12)4(9)3(8)5(10)11/h1-10H;3-4,8-9H,1H3,(H,10,11). The fourth-order valence-electron chi connectivity index (χ4n) is 1.73. The molecule has 2 rings (SSSR count). The second-order valence-electron chi connectivity index (χ2n) is 4.87. The molecule has 0 heterocycles. The van der Waals surface area contributed by atoms with Gasteiger partial charge in [-0.25, -0.2) is 9.59 Å². The third-order valence-corrected chi connectivity index (χ3v) is 2.92. The molecular formula is C18H18O7. The number of carbonyl (C=O) groups is 3. The van der Waals surface area contributed by atoms with Gasteiger partial charge in [-0.15, -0.1) is 0 Å². The second kappa shape index (κ2) is 9.96. The zero-order chi connectivity index (χ0) is 18.8. The maximum Gasteiger partial charge on any atom is 0.345 e. The first-order valence-electron chi connectivity index (χ1n) is 7.24. The highest BCUT2D eigenvalue weighted by atomic mass is 16.6. The number of aliphatic hydroxyl groups excluding tert-OH is 2. The van der Waals surface area contributed by atoms with Crippen molar-refractivity contribution >= 4 is 17.9 Å². The summed E-state index contributed by atoms with van der Waals surface area (Å²) in [5.41, 5.74) is 2.55. The highest BCUT2D eigenvalue weighted by molar-refractivity contribution is 5.90. The molecule has 2 unspecified atom stereocenters. The lowest BCUT2D eigenvalue weighted by molar-refractivity contribution is -0.174. The van der Waals surface area contributed by atoms with Crippen LogP contribution in [0, 0.1) is 0 Å². The smallest absolute Gasteiger partial charge is 0.345 e. The molecule has 7 heteroatoms. The van der Waals surface area contributed by atoms with E-state index in [-0.39, 0.29) is 0 Å². The SMILES string of the molecule is CC(=O)OC(=O)C(O)C(O)C(=O)O.c1ccc(-c2ccccc2)cc1. The summed E-state index contributed by atoms with van der Waals surface area (Å²) in [6.45, 7) is 0.901. The minimum Gasteiger partial charge on any atom is -0.479 e. The number of carboxylic acids is 1. The number of esters is 2. The molecule has 0 amide bonds. The molecule has 25 heavy (non-hydrogen) atoms. The van der Waals surface area contributed by atoms with E-state index in [1.165, 1.54) is 11.1 Å². The van der Waals surface area contributed by atoms with Gasteiger partial charge in [-0.05, 0) is 11.1 Å². The van der Waals surface area contributed by atoms with Crippen LogP contribution in [0.25, 0.3) is 11.1 Å². The van der Waals surface area contributed by atoms with Gasteiger partial charge in [0.1, 0.15) is 0 Å². The van der Waals surface area contributed by atoms with Gasteiger partial charge in [0.05, 0.1) is 0 Å². The van der Waals surface area contributed by atoms with Crippen LogP contribution in [0.1, 0.15) is 6.92 Å². The Morgan fingerprint density at radius 2 is 1.20 bits per heavy atom. The molecule has 3 N–H and O–H groups in total. The Morgan fingerprint density at radius 1 is 0.800 bits per heavy atom. The highest BCUT2D eigenvalue weighted by Crippen LogP contribution is 2.17. The molecule has 2 aromatic rings. The van der Waals surface area contributed by atoms with Crippen LogP contribution in [-0.2, 0) is 19.1 Å². The largest absolute Gasteiger partial charge is 0.479 e. The van der Waals surface area contributed by atoms with Crippen molar-refractivity contribution in [3.8, 4) is 11.1 Å². The van der Waals surface area contributed by atoms with Crippen LogP contribution in [0.3, 0.4) is 0 Å². The van der Waals surface area contributed by atoms with E-state index >= 15 is 0 Å². The Kier molecular flexibility index (Phi) is 7.98. The lowest BCUT2D eigenvalue weighted by Gasteiger charge is -2.10. The molecule has 0 saturated heterocycles. The molecule has 0 spiro atoms. The van der Waals surface area contributed by atoms with Crippen molar-refractivity contribution in [2.75, 3.05) is 0 Å². The highest BCUT2D eigenvalue weighted by Gasteiger charge is 2.32. The van der Waals surface area contributed by atoms with Gasteiger partial charge < -0.3 is 20.1 Å². The number of aliphatic hydroxyl groups is 2. The molecule has 0 aliphatic heterocycles. The number of ether oxygens (including phenoxy) is 1. The first-order chi connectivity index (χ1) is 11.8. The number of carboxylic acid groups (broad SMARTS) is 1. The van der Waals surface area contributed by atoms with E-state index in [4.69, 9.17) is 15.3 Å².